The van der Waals surface area contributed by atoms with Gasteiger partial charge in [0.15, 0.2) is 11.5 Å². The number of carbonyl (C=O) groups is 2. The number of methoxy groups -OCH3 is 2. The number of aliphatic carboxylic acids is 1. The van der Waals surface area contributed by atoms with Gasteiger partial charge in [0.1, 0.15) is 6.04 Å². The zero-order valence-corrected chi connectivity index (χ0v) is 12.1. The molecule has 0 saturated carbocycles. The minimum atomic E-state index is -1.02. The van der Waals surface area contributed by atoms with Crippen molar-refractivity contribution in [3.05, 3.63) is 23.8 Å². The average molecular weight is 296 g/mol. The number of benzene rings is 1. The molecule has 0 aliphatic carbocycles. The Morgan fingerprint density at radius 1 is 1.29 bits per heavy atom. The zero-order valence-electron chi connectivity index (χ0n) is 12.1. The first kappa shape index (κ1) is 16.8. The number of carbonyl (C=O) groups excluding carboxylic acids is 1. The quantitative estimate of drug-likeness (QED) is 0.612. The molecule has 1 rings (SSSR count). The minimum Gasteiger partial charge on any atom is -0.493 e. The summed E-state index contributed by atoms with van der Waals surface area (Å²) in [7, 11) is 3.07. The van der Waals surface area contributed by atoms with Gasteiger partial charge in [0, 0.05) is 13.0 Å². The third-order valence-electron chi connectivity index (χ3n) is 2.98. The first-order chi connectivity index (χ1) is 9.97. The summed E-state index contributed by atoms with van der Waals surface area (Å²) in [6.45, 7) is 0.329. The maximum Gasteiger partial charge on any atom is 0.320 e. The summed E-state index contributed by atoms with van der Waals surface area (Å²) in [6, 6.07) is 4.49. The number of nitrogens with one attached hydrogen (secondary N) is 1. The van der Waals surface area contributed by atoms with E-state index in [-0.39, 0.29) is 12.8 Å². The summed E-state index contributed by atoms with van der Waals surface area (Å²) in [5.74, 6) is -0.364. The largest absolute Gasteiger partial charge is 0.493 e. The van der Waals surface area contributed by atoms with E-state index < -0.39 is 17.9 Å². The van der Waals surface area contributed by atoms with Crippen molar-refractivity contribution in [2.24, 2.45) is 5.73 Å². The van der Waals surface area contributed by atoms with Crippen molar-refractivity contribution in [2.45, 2.75) is 25.4 Å². The molecule has 4 N–H and O–H groups in total. The van der Waals surface area contributed by atoms with Crippen molar-refractivity contribution in [3.8, 4) is 11.5 Å². The summed E-state index contributed by atoms with van der Waals surface area (Å²) < 4.78 is 10.3. The van der Waals surface area contributed by atoms with E-state index in [0.29, 0.717) is 18.0 Å². The lowest BCUT2D eigenvalue weighted by Gasteiger charge is -2.15. The third-order valence-corrected chi connectivity index (χ3v) is 2.98. The van der Waals surface area contributed by atoms with E-state index in [9.17, 15) is 9.59 Å². The second kappa shape index (κ2) is 8.11. The first-order valence-electron chi connectivity index (χ1n) is 6.43. The van der Waals surface area contributed by atoms with E-state index >= 15 is 0 Å². The number of ether oxygens (including phenoxy) is 2. The van der Waals surface area contributed by atoms with Gasteiger partial charge in [0.05, 0.1) is 14.2 Å². The maximum atomic E-state index is 11.1. The molecule has 0 saturated heterocycles. The summed E-state index contributed by atoms with van der Waals surface area (Å²) in [5, 5.41) is 12.0. The maximum absolute atomic E-state index is 11.1. The average Bonchev–Trinajstić information content (AvgIpc) is 2.46. The van der Waals surface area contributed by atoms with Crippen LogP contribution in [0.25, 0.3) is 0 Å². The van der Waals surface area contributed by atoms with Gasteiger partial charge in [-0.25, -0.2) is 0 Å². The lowest BCUT2D eigenvalue weighted by Crippen LogP contribution is -2.37. The number of primary amides is 1. The van der Waals surface area contributed by atoms with Crippen molar-refractivity contribution in [3.63, 3.8) is 0 Å². The van der Waals surface area contributed by atoms with Gasteiger partial charge < -0.3 is 25.6 Å². The Labute approximate surface area is 123 Å². The van der Waals surface area contributed by atoms with E-state index in [0.717, 1.165) is 5.56 Å². The third kappa shape index (κ3) is 5.31. The van der Waals surface area contributed by atoms with E-state index in [1.807, 2.05) is 0 Å². The van der Waals surface area contributed by atoms with Gasteiger partial charge in [-0.1, -0.05) is 6.07 Å². The van der Waals surface area contributed by atoms with Crippen LogP contribution in [0.2, 0.25) is 0 Å². The lowest BCUT2D eigenvalue weighted by molar-refractivity contribution is -0.139. The molecular formula is C14H20N2O5. The van der Waals surface area contributed by atoms with Crippen LogP contribution in [0.4, 0.5) is 0 Å². The van der Waals surface area contributed by atoms with Crippen LogP contribution in [0.5, 0.6) is 11.5 Å². The molecule has 1 atom stereocenters. The van der Waals surface area contributed by atoms with E-state index in [1.165, 1.54) is 7.11 Å². The van der Waals surface area contributed by atoms with Crippen LogP contribution in [0.3, 0.4) is 0 Å². The van der Waals surface area contributed by atoms with Crippen LogP contribution in [0.15, 0.2) is 18.2 Å². The molecule has 1 aromatic carbocycles. The molecule has 1 aromatic rings. The lowest BCUT2D eigenvalue weighted by atomic mass is 10.1. The molecule has 0 bridgehead atoms. The number of hydrogen-bond acceptors (Lipinski definition) is 5. The minimum absolute atomic E-state index is 0.0237. The molecular weight excluding hydrogens is 276 g/mol. The van der Waals surface area contributed by atoms with E-state index in [2.05, 4.69) is 5.32 Å². The molecule has 0 fully saturated rings. The fraction of sp³-hybridized carbons (Fsp3) is 0.429. The number of amides is 1. The molecule has 0 unspecified atom stereocenters. The highest BCUT2D eigenvalue weighted by atomic mass is 16.5. The Kier molecular flexibility index (Phi) is 6.48. The molecule has 0 aromatic heterocycles. The van der Waals surface area contributed by atoms with Crippen molar-refractivity contribution in [1.29, 1.82) is 0 Å². The van der Waals surface area contributed by atoms with Crippen LogP contribution in [0.1, 0.15) is 18.4 Å². The zero-order chi connectivity index (χ0) is 15.8. The van der Waals surface area contributed by atoms with Crippen LogP contribution in [-0.2, 0) is 16.1 Å². The molecule has 0 heterocycles. The van der Waals surface area contributed by atoms with Gasteiger partial charge in [-0.3, -0.25) is 9.59 Å². The Hall–Kier alpha value is -2.28. The predicted molar refractivity (Wildman–Crippen MR) is 76.2 cm³/mol. The number of rotatable bonds is 9. The monoisotopic (exact) mass is 296 g/mol. The van der Waals surface area contributed by atoms with Crippen LogP contribution >= 0.6 is 0 Å². The molecule has 0 radical (unpaired) electrons. The van der Waals surface area contributed by atoms with Crippen molar-refractivity contribution in [1.82, 2.24) is 5.32 Å². The summed E-state index contributed by atoms with van der Waals surface area (Å²) in [6.07, 6.45) is 0.174. The van der Waals surface area contributed by atoms with Gasteiger partial charge in [-0.15, -0.1) is 0 Å². The second-order valence-electron chi connectivity index (χ2n) is 4.47. The Balaban J connectivity index is 2.67. The smallest absolute Gasteiger partial charge is 0.320 e. The Morgan fingerprint density at radius 2 is 1.95 bits per heavy atom. The molecule has 0 aliphatic heterocycles. The summed E-state index contributed by atoms with van der Waals surface area (Å²) >= 11 is 0. The van der Waals surface area contributed by atoms with E-state index in [1.54, 1.807) is 25.3 Å². The van der Waals surface area contributed by atoms with Gasteiger partial charge in [-0.2, -0.15) is 0 Å². The SMILES string of the molecule is COc1ccc(CN[C@@H](CCC(N)=O)C(=O)O)cc1OC. The van der Waals surface area contributed by atoms with E-state index in [4.69, 9.17) is 20.3 Å². The molecule has 1 amide bonds. The van der Waals surface area contributed by atoms with Gasteiger partial charge in [0.25, 0.3) is 0 Å². The molecule has 116 valence electrons. The highest BCUT2D eigenvalue weighted by Gasteiger charge is 2.17. The second-order valence-corrected chi connectivity index (χ2v) is 4.47. The van der Waals surface area contributed by atoms with Gasteiger partial charge in [-0.05, 0) is 24.1 Å². The fourth-order valence-corrected chi connectivity index (χ4v) is 1.83. The van der Waals surface area contributed by atoms with Crippen LogP contribution < -0.4 is 20.5 Å². The van der Waals surface area contributed by atoms with Gasteiger partial charge >= 0.3 is 5.97 Å². The standard InChI is InChI=1S/C14H20N2O5/c1-20-11-5-3-9(7-12(11)21-2)8-16-10(14(18)19)4-6-13(15)17/h3,5,7,10,16H,4,6,8H2,1-2H3,(H2,15,17)(H,18,19)/t10-/m0/s1. The highest BCUT2D eigenvalue weighted by molar-refractivity contribution is 5.77. The molecule has 0 spiro atoms. The molecule has 0 aliphatic rings. The summed E-state index contributed by atoms with van der Waals surface area (Å²) in [4.78, 5) is 21.8. The molecule has 7 heteroatoms. The van der Waals surface area contributed by atoms with Crippen molar-refractivity contribution >= 4 is 11.9 Å². The Bertz CT molecular complexity index is 504. The molecule has 7 nitrogen and oxygen atoms in total. The number of hydrogen-bond donors (Lipinski definition) is 3. The number of carboxylic acid groups (broad SMARTS) is 1. The fourth-order valence-electron chi connectivity index (χ4n) is 1.83. The summed E-state index contributed by atoms with van der Waals surface area (Å²) in [5.41, 5.74) is 5.87. The van der Waals surface area contributed by atoms with Crippen LogP contribution in [0, 0.1) is 0 Å². The topological polar surface area (TPSA) is 111 Å². The molecule has 21 heavy (non-hydrogen) atoms. The van der Waals surface area contributed by atoms with Crippen LogP contribution in [-0.4, -0.2) is 37.2 Å². The number of carboxylic acids is 1. The first-order valence-corrected chi connectivity index (χ1v) is 6.43. The van der Waals surface area contributed by atoms with Gasteiger partial charge in [0.2, 0.25) is 5.91 Å². The predicted octanol–water partition coefficient (Wildman–Crippen LogP) is 0.512. The highest BCUT2D eigenvalue weighted by Crippen LogP contribution is 2.27. The Morgan fingerprint density at radius 3 is 2.48 bits per heavy atom. The van der Waals surface area contributed by atoms with Crippen molar-refractivity contribution < 1.29 is 24.2 Å². The normalized spacial score (nSPS) is 11.7. The number of nitrogens with two attached hydrogens (primary N) is 1. The van der Waals surface area contributed by atoms with Crippen molar-refractivity contribution in [2.75, 3.05) is 14.2 Å².